The lowest BCUT2D eigenvalue weighted by Gasteiger charge is -2.36. The molecule has 3 heterocycles. The van der Waals surface area contributed by atoms with Crippen LogP contribution in [0.2, 0.25) is 0 Å². The van der Waals surface area contributed by atoms with Gasteiger partial charge in [0.15, 0.2) is 0 Å². The molecule has 132 valence electrons. The van der Waals surface area contributed by atoms with Crippen LogP contribution in [0.4, 0.5) is 5.69 Å². The molecule has 6 heteroatoms. The molecule has 1 aromatic carbocycles. The fourth-order valence-electron chi connectivity index (χ4n) is 3.99. The molecule has 0 bridgehead atoms. The number of fused-ring (bicyclic) bond motifs is 2. The zero-order chi connectivity index (χ0) is 17.4. The van der Waals surface area contributed by atoms with Crippen molar-refractivity contribution in [2.75, 3.05) is 11.4 Å². The van der Waals surface area contributed by atoms with Crippen molar-refractivity contribution in [3.05, 3.63) is 41.5 Å². The van der Waals surface area contributed by atoms with E-state index in [1.807, 2.05) is 22.6 Å². The van der Waals surface area contributed by atoms with Gasteiger partial charge in [-0.15, -0.1) is 0 Å². The summed E-state index contributed by atoms with van der Waals surface area (Å²) >= 11 is 0. The van der Waals surface area contributed by atoms with Crippen LogP contribution >= 0.6 is 0 Å². The van der Waals surface area contributed by atoms with E-state index in [2.05, 4.69) is 40.5 Å². The molecule has 0 spiro atoms. The number of hydrogen-bond acceptors (Lipinski definition) is 4. The Kier molecular flexibility index (Phi) is 4.29. The van der Waals surface area contributed by atoms with E-state index in [4.69, 9.17) is 0 Å². The van der Waals surface area contributed by atoms with Crippen LogP contribution in [0.3, 0.4) is 0 Å². The number of benzene rings is 1. The fraction of sp³-hybridized carbons (Fsp3) is 0.526. The summed E-state index contributed by atoms with van der Waals surface area (Å²) < 4.78 is 1.97. The Balaban J connectivity index is 1.41. The highest BCUT2D eigenvalue weighted by molar-refractivity contribution is 5.96. The smallest absolute Gasteiger partial charge is 0.241 e. The van der Waals surface area contributed by atoms with Gasteiger partial charge in [0.1, 0.15) is 11.6 Å². The second-order valence-electron chi connectivity index (χ2n) is 7.15. The van der Waals surface area contributed by atoms with E-state index >= 15 is 0 Å². The maximum absolute atomic E-state index is 12.9. The molecule has 0 radical (unpaired) electrons. The number of amides is 1. The zero-order valence-corrected chi connectivity index (χ0v) is 14.9. The van der Waals surface area contributed by atoms with Gasteiger partial charge in [-0.1, -0.05) is 18.2 Å². The summed E-state index contributed by atoms with van der Waals surface area (Å²) in [5.41, 5.74) is 2.35. The van der Waals surface area contributed by atoms with E-state index in [9.17, 15) is 4.79 Å². The summed E-state index contributed by atoms with van der Waals surface area (Å²) in [6.45, 7) is 5.22. The van der Waals surface area contributed by atoms with Crippen LogP contribution in [0, 0.1) is 6.92 Å². The second kappa shape index (κ2) is 6.59. The molecule has 2 aromatic rings. The third-order valence-corrected chi connectivity index (χ3v) is 5.30. The minimum atomic E-state index is 0.153. The number of anilines is 1. The molecule has 4 rings (SSSR count). The second-order valence-corrected chi connectivity index (χ2v) is 7.15. The lowest BCUT2D eigenvalue weighted by molar-refractivity contribution is -0.118. The minimum Gasteiger partial charge on any atom is -0.308 e. The average molecular weight is 339 g/mol. The van der Waals surface area contributed by atoms with Gasteiger partial charge in [0.25, 0.3) is 0 Å². The SMILES string of the molecule is Cc1nc2n(n1)C[C@H](NCC(=O)N1c3ccccc3CC[C@H]1C)CC2. The topological polar surface area (TPSA) is 63.1 Å². The highest BCUT2D eigenvalue weighted by Crippen LogP contribution is 2.30. The van der Waals surface area contributed by atoms with Crippen LogP contribution in [0.5, 0.6) is 0 Å². The van der Waals surface area contributed by atoms with Gasteiger partial charge in [0.2, 0.25) is 5.91 Å². The van der Waals surface area contributed by atoms with Crippen molar-refractivity contribution in [3.63, 3.8) is 0 Å². The molecule has 2 atom stereocenters. The Labute approximate surface area is 148 Å². The number of carbonyl (C=O) groups is 1. The maximum Gasteiger partial charge on any atom is 0.241 e. The number of hydrogen-bond donors (Lipinski definition) is 1. The maximum atomic E-state index is 12.9. The normalized spacial score (nSPS) is 22.4. The largest absolute Gasteiger partial charge is 0.308 e. The van der Waals surface area contributed by atoms with Crippen molar-refractivity contribution in [1.29, 1.82) is 0 Å². The van der Waals surface area contributed by atoms with Crippen molar-refractivity contribution in [1.82, 2.24) is 20.1 Å². The van der Waals surface area contributed by atoms with E-state index in [1.54, 1.807) is 0 Å². The molecule has 0 unspecified atom stereocenters. The van der Waals surface area contributed by atoms with Crippen molar-refractivity contribution in [3.8, 4) is 0 Å². The average Bonchev–Trinajstić information content (AvgIpc) is 2.98. The highest BCUT2D eigenvalue weighted by Gasteiger charge is 2.28. The van der Waals surface area contributed by atoms with Crippen LogP contribution < -0.4 is 10.2 Å². The molecule has 1 amide bonds. The first-order chi connectivity index (χ1) is 12.1. The van der Waals surface area contributed by atoms with E-state index in [0.29, 0.717) is 6.54 Å². The molecular weight excluding hydrogens is 314 g/mol. The lowest BCUT2D eigenvalue weighted by Crippen LogP contribution is -2.49. The van der Waals surface area contributed by atoms with E-state index in [1.165, 1.54) is 5.56 Å². The number of carbonyl (C=O) groups excluding carboxylic acids is 1. The van der Waals surface area contributed by atoms with Crippen LogP contribution in [0.15, 0.2) is 24.3 Å². The molecule has 0 saturated carbocycles. The van der Waals surface area contributed by atoms with Crippen LogP contribution in [-0.2, 0) is 24.2 Å². The summed E-state index contributed by atoms with van der Waals surface area (Å²) in [4.78, 5) is 19.3. The first kappa shape index (κ1) is 16.3. The monoisotopic (exact) mass is 339 g/mol. The van der Waals surface area contributed by atoms with E-state index in [0.717, 1.165) is 49.6 Å². The summed E-state index contributed by atoms with van der Waals surface area (Å²) in [6.07, 6.45) is 3.98. The Morgan fingerprint density at radius 1 is 1.28 bits per heavy atom. The first-order valence-corrected chi connectivity index (χ1v) is 9.15. The van der Waals surface area contributed by atoms with Crippen molar-refractivity contribution in [2.24, 2.45) is 0 Å². The number of nitrogens with one attached hydrogen (secondary N) is 1. The molecular formula is C19H25N5O. The number of aryl methyl sites for hydroxylation is 3. The van der Waals surface area contributed by atoms with Gasteiger partial charge < -0.3 is 10.2 Å². The molecule has 6 nitrogen and oxygen atoms in total. The lowest BCUT2D eigenvalue weighted by atomic mass is 9.96. The van der Waals surface area contributed by atoms with Crippen molar-refractivity contribution in [2.45, 2.75) is 58.2 Å². The molecule has 2 aliphatic heterocycles. The molecule has 1 aromatic heterocycles. The number of nitrogens with zero attached hydrogens (tertiary/aromatic N) is 4. The predicted molar refractivity (Wildman–Crippen MR) is 96.6 cm³/mol. The fourth-order valence-corrected chi connectivity index (χ4v) is 3.99. The van der Waals surface area contributed by atoms with Crippen LogP contribution in [0.1, 0.15) is 37.0 Å². The van der Waals surface area contributed by atoms with Crippen molar-refractivity contribution >= 4 is 11.6 Å². The molecule has 0 fully saturated rings. The van der Waals surface area contributed by atoms with Crippen LogP contribution in [-0.4, -0.2) is 39.3 Å². The molecule has 2 aliphatic rings. The van der Waals surface area contributed by atoms with Gasteiger partial charge in [0.05, 0.1) is 13.1 Å². The van der Waals surface area contributed by atoms with Gasteiger partial charge >= 0.3 is 0 Å². The third kappa shape index (κ3) is 3.18. The number of rotatable bonds is 3. The third-order valence-electron chi connectivity index (χ3n) is 5.30. The minimum absolute atomic E-state index is 0.153. The molecule has 0 aliphatic carbocycles. The van der Waals surface area contributed by atoms with E-state index < -0.39 is 0 Å². The molecule has 25 heavy (non-hydrogen) atoms. The first-order valence-electron chi connectivity index (χ1n) is 9.15. The summed E-state index contributed by atoms with van der Waals surface area (Å²) in [5.74, 6) is 2.03. The van der Waals surface area contributed by atoms with E-state index in [-0.39, 0.29) is 18.0 Å². The summed E-state index contributed by atoms with van der Waals surface area (Å²) in [6, 6.07) is 8.78. The number of aromatic nitrogens is 3. The van der Waals surface area contributed by atoms with Gasteiger partial charge in [-0.25, -0.2) is 9.67 Å². The Morgan fingerprint density at radius 3 is 3.00 bits per heavy atom. The molecule has 0 saturated heterocycles. The van der Waals surface area contributed by atoms with Gasteiger partial charge in [-0.05, 0) is 44.7 Å². The predicted octanol–water partition coefficient (Wildman–Crippen LogP) is 1.86. The molecule has 1 N–H and O–H groups in total. The standard InChI is InChI=1S/C19H25N5O/c1-13-7-8-15-5-3-4-6-17(15)24(13)19(25)11-20-16-9-10-18-21-14(2)22-23(18)12-16/h3-6,13,16,20H,7-12H2,1-2H3/t13-,16-/m1/s1. The van der Waals surface area contributed by atoms with Gasteiger partial charge in [0, 0.05) is 24.2 Å². The summed E-state index contributed by atoms with van der Waals surface area (Å²) in [7, 11) is 0. The Hall–Kier alpha value is -2.21. The highest BCUT2D eigenvalue weighted by atomic mass is 16.2. The Bertz CT molecular complexity index is 784. The van der Waals surface area contributed by atoms with Crippen molar-refractivity contribution < 1.29 is 4.79 Å². The number of para-hydroxylation sites is 1. The Morgan fingerprint density at radius 2 is 2.12 bits per heavy atom. The summed E-state index contributed by atoms with van der Waals surface area (Å²) in [5, 5.41) is 7.87. The van der Waals surface area contributed by atoms with Crippen LogP contribution in [0.25, 0.3) is 0 Å². The zero-order valence-electron chi connectivity index (χ0n) is 14.9. The van der Waals surface area contributed by atoms with Gasteiger partial charge in [-0.2, -0.15) is 5.10 Å². The quantitative estimate of drug-likeness (QED) is 0.927. The van der Waals surface area contributed by atoms with Gasteiger partial charge in [-0.3, -0.25) is 4.79 Å².